The molecule has 0 saturated carbocycles. The summed E-state index contributed by atoms with van der Waals surface area (Å²) in [7, 11) is 1.83. The molecule has 1 rings (SSSR count). The lowest BCUT2D eigenvalue weighted by atomic mass is 10.2. The zero-order valence-electron chi connectivity index (χ0n) is 10.5. The Morgan fingerprint density at radius 1 is 1.39 bits per heavy atom. The van der Waals surface area contributed by atoms with Crippen molar-refractivity contribution in [3.8, 4) is 5.75 Å². The summed E-state index contributed by atoms with van der Waals surface area (Å²) in [4.78, 5) is 11.4. The number of rotatable bonds is 6. The summed E-state index contributed by atoms with van der Waals surface area (Å²) in [5.41, 5.74) is 0.917. The molecule has 0 radical (unpaired) electrons. The molecule has 0 heterocycles. The third-order valence-corrected chi connectivity index (χ3v) is 2.43. The van der Waals surface area contributed by atoms with Gasteiger partial charge in [0.15, 0.2) is 6.61 Å². The van der Waals surface area contributed by atoms with Gasteiger partial charge in [0.1, 0.15) is 5.75 Å². The Morgan fingerprint density at radius 3 is 2.72 bits per heavy atom. The van der Waals surface area contributed by atoms with E-state index in [0.717, 1.165) is 12.1 Å². The highest BCUT2D eigenvalue weighted by Crippen LogP contribution is 2.21. The number of carbonyl (C=O) groups excluding carboxylic acids is 1. The van der Waals surface area contributed by atoms with Crippen LogP contribution in [0.5, 0.6) is 5.75 Å². The maximum atomic E-state index is 11.4. The molecular weight excluding hydrogens is 275 g/mol. The Morgan fingerprint density at radius 2 is 2.11 bits per heavy atom. The van der Waals surface area contributed by atoms with Crippen LogP contribution in [0, 0.1) is 6.92 Å². The first-order valence-corrected chi connectivity index (χ1v) is 5.81. The van der Waals surface area contributed by atoms with E-state index in [-0.39, 0.29) is 24.9 Å². The van der Waals surface area contributed by atoms with Crippen LogP contribution in [0.15, 0.2) is 18.2 Å². The van der Waals surface area contributed by atoms with Crippen LogP contribution in [0.25, 0.3) is 0 Å². The van der Waals surface area contributed by atoms with E-state index in [1.807, 2.05) is 14.0 Å². The van der Waals surface area contributed by atoms with Crippen molar-refractivity contribution in [2.24, 2.45) is 0 Å². The molecule has 0 aromatic heterocycles. The van der Waals surface area contributed by atoms with Crippen molar-refractivity contribution in [2.45, 2.75) is 6.92 Å². The molecule has 0 aliphatic carbocycles. The van der Waals surface area contributed by atoms with E-state index in [2.05, 4.69) is 10.6 Å². The van der Waals surface area contributed by atoms with Crippen LogP contribution < -0.4 is 15.4 Å². The quantitative estimate of drug-likeness (QED) is 0.786. The molecule has 0 spiro atoms. The average Bonchev–Trinajstić information content (AvgIpc) is 2.28. The predicted molar refractivity (Wildman–Crippen MR) is 75.9 cm³/mol. The Hall–Kier alpha value is -0.970. The van der Waals surface area contributed by atoms with E-state index in [0.29, 0.717) is 17.3 Å². The molecule has 1 amide bonds. The van der Waals surface area contributed by atoms with Gasteiger partial charge in [-0.05, 0) is 37.7 Å². The van der Waals surface area contributed by atoms with E-state index in [4.69, 9.17) is 16.3 Å². The van der Waals surface area contributed by atoms with Crippen LogP contribution in [0.3, 0.4) is 0 Å². The molecule has 0 aliphatic rings. The number of hydrogen-bond acceptors (Lipinski definition) is 3. The SMILES string of the molecule is CNCCNC(=O)COc1ccc(Cl)cc1C.Cl. The number of halogens is 2. The van der Waals surface area contributed by atoms with Crippen LogP contribution >= 0.6 is 24.0 Å². The van der Waals surface area contributed by atoms with E-state index in [1.165, 1.54) is 0 Å². The molecule has 1 aromatic carbocycles. The van der Waals surface area contributed by atoms with Crippen LogP contribution in [0.2, 0.25) is 5.02 Å². The van der Waals surface area contributed by atoms with E-state index in [1.54, 1.807) is 18.2 Å². The van der Waals surface area contributed by atoms with E-state index < -0.39 is 0 Å². The summed E-state index contributed by atoms with van der Waals surface area (Å²) >= 11 is 5.82. The average molecular weight is 293 g/mol. The monoisotopic (exact) mass is 292 g/mol. The molecule has 0 unspecified atom stereocenters. The van der Waals surface area contributed by atoms with Crippen molar-refractivity contribution in [1.29, 1.82) is 0 Å². The highest BCUT2D eigenvalue weighted by molar-refractivity contribution is 6.30. The summed E-state index contributed by atoms with van der Waals surface area (Å²) in [5.74, 6) is 0.549. The molecule has 0 atom stereocenters. The lowest BCUT2D eigenvalue weighted by molar-refractivity contribution is -0.123. The first kappa shape index (κ1) is 17.0. The summed E-state index contributed by atoms with van der Waals surface area (Å²) in [6, 6.07) is 5.30. The Labute approximate surface area is 118 Å². The normalized spacial score (nSPS) is 9.50. The minimum atomic E-state index is -0.130. The second-order valence-electron chi connectivity index (χ2n) is 3.65. The first-order valence-electron chi connectivity index (χ1n) is 5.43. The van der Waals surface area contributed by atoms with Gasteiger partial charge in [0.25, 0.3) is 5.91 Å². The third kappa shape index (κ3) is 6.10. The summed E-state index contributed by atoms with van der Waals surface area (Å²) in [5, 5.41) is 6.33. The standard InChI is InChI=1S/C12H17ClN2O2.ClH/c1-9-7-10(13)3-4-11(9)17-8-12(16)15-6-5-14-2;/h3-4,7,14H,5-6,8H2,1-2H3,(H,15,16);1H. The number of aryl methyl sites for hydroxylation is 1. The highest BCUT2D eigenvalue weighted by Gasteiger charge is 2.04. The highest BCUT2D eigenvalue weighted by atomic mass is 35.5. The van der Waals surface area contributed by atoms with Gasteiger partial charge in [-0.1, -0.05) is 11.6 Å². The molecule has 1 aromatic rings. The van der Waals surface area contributed by atoms with Gasteiger partial charge < -0.3 is 15.4 Å². The van der Waals surface area contributed by atoms with Gasteiger partial charge in [-0.3, -0.25) is 4.79 Å². The largest absolute Gasteiger partial charge is 0.484 e. The minimum Gasteiger partial charge on any atom is -0.484 e. The molecule has 0 saturated heterocycles. The predicted octanol–water partition coefficient (Wildman–Crippen LogP) is 1.78. The summed E-state index contributed by atoms with van der Waals surface area (Å²) in [6.45, 7) is 3.25. The zero-order valence-corrected chi connectivity index (χ0v) is 12.0. The van der Waals surface area contributed by atoms with Crippen molar-refractivity contribution >= 4 is 29.9 Å². The molecule has 2 N–H and O–H groups in total. The Kier molecular flexibility index (Phi) is 8.54. The molecule has 0 aliphatic heterocycles. The number of nitrogens with one attached hydrogen (secondary N) is 2. The lowest BCUT2D eigenvalue weighted by Gasteiger charge is -2.09. The van der Waals surface area contributed by atoms with E-state index in [9.17, 15) is 4.79 Å². The molecule has 4 nitrogen and oxygen atoms in total. The van der Waals surface area contributed by atoms with Crippen LogP contribution in [-0.4, -0.2) is 32.7 Å². The smallest absolute Gasteiger partial charge is 0.257 e. The molecular formula is C12H18Cl2N2O2. The van der Waals surface area contributed by atoms with E-state index >= 15 is 0 Å². The summed E-state index contributed by atoms with van der Waals surface area (Å²) < 4.78 is 5.39. The Balaban J connectivity index is 0.00000289. The van der Waals surface area contributed by atoms with Gasteiger partial charge in [0.05, 0.1) is 0 Å². The topological polar surface area (TPSA) is 50.4 Å². The number of amides is 1. The number of hydrogen-bond donors (Lipinski definition) is 2. The van der Waals surface area contributed by atoms with Crippen LogP contribution in [0.1, 0.15) is 5.56 Å². The van der Waals surface area contributed by atoms with Gasteiger partial charge in [0.2, 0.25) is 0 Å². The third-order valence-electron chi connectivity index (χ3n) is 2.19. The van der Waals surface area contributed by atoms with Gasteiger partial charge in [0, 0.05) is 18.1 Å². The first-order chi connectivity index (χ1) is 8.13. The molecule has 18 heavy (non-hydrogen) atoms. The summed E-state index contributed by atoms with van der Waals surface area (Å²) in [6.07, 6.45) is 0. The van der Waals surface area contributed by atoms with Gasteiger partial charge >= 0.3 is 0 Å². The zero-order chi connectivity index (χ0) is 12.7. The van der Waals surface area contributed by atoms with Crippen molar-refractivity contribution in [1.82, 2.24) is 10.6 Å². The number of likely N-dealkylation sites (N-methyl/N-ethyl adjacent to an activating group) is 1. The van der Waals surface area contributed by atoms with Crippen molar-refractivity contribution in [2.75, 3.05) is 26.7 Å². The molecule has 0 bridgehead atoms. The second kappa shape index (κ2) is 9.03. The number of benzene rings is 1. The maximum absolute atomic E-state index is 11.4. The molecule has 102 valence electrons. The fourth-order valence-corrected chi connectivity index (χ4v) is 1.52. The molecule has 6 heteroatoms. The van der Waals surface area contributed by atoms with Crippen LogP contribution in [0.4, 0.5) is 0 Å². The van der Waals surface area contributed by atoms with Crippen molar-refractivity contribution < 1.29 is 9.53 Å². The maximum Gasteiger partial charge on any atom is 0.257 e. The van der Waals surface area contributed by atoms with Crippen LogP contribution in [-0.2, 0) is 4.79 Å². The second-order valence-corrected chi connectivity index (χ2v) is 4.09. The fourth-order valence-electron chi connectivity index (χ4n) is 1.30. The minimum absolute atomic E-state index is 0. The fraction of sp³-hybridized carbons (Fsp3) is 0.417. The van der Waals surface area contributed by atoms with Gasteiger partial charge in [-0.25, -0.2) is 0 Å². The van der Waals surface area contributed by atoms with Gasteiger partial charge in [-0.15, -0.1) is 12.4 Å². The van der Waals surface area contributed by atoms with Gasteiger partial charge in [-0.2, -0.15) is 0 Å². The molecule has 0 fully saturated rings. The number of ether oxygens (including phenoxy) is 1. The van der Waals surface area contributed by atoms with Crippen molar-refractivity contribution in [3.63, 3.8) is 0 Å². The lowest BCUT2D eigenvalue weighted by Crippen LogP contribution is -2.33. The number of carbonyl (C=O) groups is 1. The van der Waals surface area contributed by atoms with Crippen molar-refractivity contribution in [3.05, 3.63) is 28.8 Å². The Bertz CT molecular complexity index is 386.